The summed E-state index contributed by atoms with van der Waals surface area (Å²) >= 11 is 0. The highest BCUT2D eigenvalue weighted by atomic mass is 16.6. The van der Waals surface area contributed by atoms with Gasteiger partial charge < -0.3 is 24.4 Å². The summed E-state index contributed by atoms with van der Waals surface area (Å²) in [5, 5.41) is 9.58. The number of aliphatic hydroxyl groups excluding tert-OH is 1. The zero-order valence-electron chi connectivity index (χ0n) is 21.8. The molecule has 0 radical (unpaired) electrons. The smallest absolute Gasteiger partial charge is 0.313 e. The van der Waals surface area contributed by atoms with E-state index < -0.39 is 35.0 Å². The first-order valence-corrected chi connectivity index (χ1v) is 13.3. The molecule has 2 saturated heterocycles. The molecule has 37 heavy (non-hydrogen) atoms. The lowest BCUT2D eigenvalue weighted by molar-refractivity contribution is -0.159. The van der Waals surface area contributed by atoms with Crippen molar-refractivity contribution < 1.29 is 29.0 Å². The number of rotatable bonds is 5. The Morgan fingerprint density at radius 2 is 1.89 bits per heavy atom. The second-order valence-electron chi connectivity index (χ2n) is 10.6. The predicted octanol–water partition coefficient (Wildman–Crippen LogP) is 2.84. The third-order valence-electron chi connectivity index (χ3n) is 8.35. The van der Waals surface area contributed by atoms with Crippen LogP contribution in [0.1, 0.15) is 43.7 Å². The number of allylic oxidation sites excluding steroid dienone is 1. The molecule has 1 N–H and O–H groups in total. The Morgan fingerprint density at radius 3 is 2.65 bits per heavy atom. The second-order valence-corrected chi connectivity index (χ2v) is 10.6. The normalized spacial score (nSPS) is 34.2. The molecule has 4 aliphatic heterocycles. The summed E-state index contributed by atoms with van der Waals surface area (Å²) in [5.74, 6) is -2.77. The fourth-order valence-corrected chi connectivity index (χ4v) is 6.58. The molecule has 2 amide bonds. The highest BCUT2D eigenvalue weighted by molar-refractivity contribution is 6.06. The van der Waals surface area contributed by atoms with E-state index in [4.69, 9.17) is 9.47 Å². The lowest BCUT2D eigenvalue weighted by atomic mass is 9.73. The van der Waals surface area contributed by atoms with Crippen molar-refractivity contribution >= 4 is 23.5 Å². The van der Waals surface area contributed by atoms with E-state index in [0.717, 1.165) is 23.2 Å². The Kier molecular flexibility index (Phi) is 6.75. The molecule has 5 atom stereocenters. The van der Waals surface area contributed by atoms with Crippen molar-refractivity contribution in [2.75, 3.05) is 31.2 Å². The van der Waals surface area contributed by atoms with Gasteiger partial charge in [0.05, 0.1) is 12.5 Å². The van der Waals surface area contributed by atoms with Crippen LogP contribution in [0.5, 0.6) is 0 Å². The average Bonchev–Trinajstić information content (AvgIpc) is 3.25. The number of hydrogen-bond donors (Lipinski definition) is 1. The highest BCUT2D eigenvalue weighted by Crippen LogP contribution is 2.58. The van der Waals surface area contributed by atoms with E-state index in [9.17, 15) is 19.5 Å². The molecule has 1 aromatic carbocycles. The highest BCUT2D eigenvalue weighted by Gasteiger charge is 2.75. The summed E-state index contributed by atoms with van der Waals surface area (Å²) < 4.78 is 12.5. The van der Waals surface area contributed by atoms with Gasteiger partial charge in [-0.15, -0.1) is 0 Å². The Labute approximate surface area is 217 Å². The van der Waals surface area contributed by atoms with Crippen LogP contribution in [0, 0.1) is 25.7 Å². The van der Waals surface area contributed by atoms with Crippen molar-refractivity contribution in [3.05, 3.63) is 53.6 Å². The Morgan fingerprint density at radius 1 is 1.08 bits per heavy atom. The van der Waals surface area contributed by atoms with E-state index >= 15 is 0 Å². The Hall–Kier alpha value is -2.97. The number of likely N-dealkylation sites (tertiary alicyclic amines) is 1. The number of nitrogens with zero attached hydrogens (tertiary/aromatic N) is 2. The Balaban J connectivity index is 1.67. The average molecular weight is 509 g/mol. The van der Waals surface area contributed by atoms with Crippen molar-refractivity contribution in [1.29, 1.82) is 0 Å². The molecule has 2 fully saturated rings. The van der Waals surface area contributed by atoms with E-state index in [-0.39, 0.29) is 31.6 Å². The molecular weight excluding hydrogens is 472 g/mol. The lowest BCUT2D eigenvalue weighted by Gasteiger charge is -2.38. The molecule has 4 aliphatic rings. The van der Waals surface area contributed by atoms with Crippen LogP contribution in [0.3, 0.4) is 0 Å². The quantitative estimate of drug-likeness (QED) is 0.485. The van der Waals surface area contributed by atoms with Gasteiger partial charge in [0.1, 0.15) is 23.2 Å². The van der Waals surface area contributed by atoms with Crippen LogP contribution < -0.4 is 4.90 Å². The van der Waals surface area contributed by atoms with Crippen LogP contribution in [0.25, 0.3) is 0 Å². The minimum atomic E-state index is -1.32. The molecule has 5 rings (SSSR count). The number of amides is 2. The van der Waals surface area contributed by atoms with Gasteiger partial charge in [-0.05, 0) is 56.7 Å². The van der Waals surface area contributed by atoms with Gasteiger partial charge >= 0.3 is 5.97 Å². The first-order chi connectivity index (χ1) is 17.8. The summed E-state index contributed by atoms with van der Waals surface area (Å²) in [7, 11) is 0. The number of carbonyl (C=O) groups is 3. The van der Waals surface area contributed by atoms with Gasteiger partial charge in [-0.3, -0.25) is 14.4 Å². The summed E-state index contributed by atoms with van der Waals surface area (Å²) in [6, 6.07) is 5.00. The molecule has 0 aliphatic carbocycles. The number of benzene rings is 1. The molecule has 1 unspecified atom stereocenters. The summed E-state index contributed by atoms with van der Waals surface area (Å²) in [4.78, 5) is 45.3. The fraction of sp³-hybridized carbons (Fsp3) is 0.552. The minimum Gasteiger partial charge on any atom is -0.465 e. The number of esters is 1. The number of carbonyl (C=O) groups excluding carboxylic acids is 3. The van der Waals surface area contributed by atoms with Gasteiger partial charge in [-0.25, -0.2) is 0 Å². The topological polar surface area (TPSA) is 96.4 Å². The number of anilines is 1. The van der Waals surface area contributed by atoms with Gasteiger partial charge in [-0.1, -0.05) is 43.4 Å². The molecule has 8 nitrogen and oxygen atoms in total. The number of aryl methyl sites for hydroxylation is 2. The number of ether oxygens (including phenoxy) is 2. The molecule has 0 saturated carbocycles. The van der Waals surface area contributed by atoms with Crippen LogP contribution in [0.4, 0.5) is 5.69 Å². The van der Waals surface area contributed by atoms with Crippen molar-refractivity contribution in [2.24, 2.45) is 11.8 Å². The molecule has 0 bridgehead atoms. The lowest BCUT2D eigenvalue weighted by Crippen LogP contribution is -2.56. The Bertz CT molecular complexity index is 1160. The first-order valence-electron chi connectivity index (χ1n) is 13.3. The second kappa shape index (κ2) is 9.72. The van der Waals surface area contributed by atoms with Crippen LogP contribution in [0.2, 0.25) is 0 Å². The van der Waals surface area contributed by atoms with Gasteiger partial charge in [0.2, 0.25) is 5.91 Å². The molecule has 4 heterocycles. The summed E-state index contributed by atoms with van der Waals surface area (Å²) in [6.45, 7) is 6.55. The molecule has 8 heteroatoms. The number of cyclic esters (lactones) is 1. The van der Waals surface area contributed by atoms with E-state index in [2.05, 4.69) is 0 Å². The monoisotopic (exact) mass is 508 g/mol. The van der Waals surface area contributed by atoms with Crippen molar-refractivity contribution in [3.63, 3.8) is 0 Å². The van der Waals surface area contributed by atoms with Crippen LogP contribution >= 0.6 is 0 Å². The molecule has 0 aromatic heterocycles. The van der Waals surface area contributed by atoms with Crippen LogP contribution in [0.15, 0.2) is 42.5 Å². The maximum Gasteiger partial charge on any atom is 0.313 e. The first kappa shape index (κ1) is 25.7. The van der Waals surface area contributed by atoms with Gasteiger partial charge in [-0.2, -0.15) is 0 Å². The number of fused-ring (bicyclic) bond motifs is 2. The van der Waals surface area contributed by atoms with E-state index in [0.29, 0.717) is 25.8 Å². The van der Waals surface area contributed by atoms with E-state index in [1.165, 1.54) is 4.90 Å². The van der Waals surface area contributed by atoms with Gasteiger partial charge in [0, 0.05) is 25.4 Å². The number of hydrogen-bond acceptors (Lipinski definition) is 6. The van der Waals surface area contributed by atoms with E-state index in [1.54, 1.807) is 4.90 Å². The molecule has 198 valence electrons. The zero-order chi connectivity index (χ0) is 26.4. The minimum absolute atomic E-state index is 0.118. The third kappa shape index (κ3) is 3.92. The fourth-order valence-electron chi connectivity index (χ4n) is 6.58. The zero-order valence-corrected chi connectivity index (χ0v) is 21.8. The number of aliphatic hydroxyl groups is 1. The molecule has 1 aromatic rings. The van der Waals surface area contributed by atoms with Gasteiger partial charge in [0.25, 0.3) is 5.91 Å². The largest absolute Gasteiger partial charge is 0.465 e. The SMILES string of the molecule is CC[C@@]12/C=C\CCCOC(=O)[C@@H]1[C@H]1C(=O)N(CCCO)C3C(=O)N(c4cc(C)ccc4C)CC=C[C@@]31O2. The molecule has 1 spiro atoms. The van der Waals surface area contributed by atoms with Crippen molar-refractivity contribution in [1.82, 2.24) is 4.90 Å². The predicted molar refractivity (Wildman–Crippen MR) is 138 cm³/mol. The van der Waals surface area contributed by atoms with Crippen LogP contribution in [-0.2, 0) is 23.9 Å². The summed E-state index contributed by atoms with van der Waals surface area (Å²) in [5.41, 5.74) is 0.391. The maximum absolute atomic E-state index is 14.4. The summed E-state index contributed by atoms with van der Waals surface area (Å²) in [6.07, 6.45) is 9.87. The standard InChI is InChI=1S/C29H36N2O6/c1-4-28-12-6-5-7-17-36-27(35)23(28)22-25(33)31(15-9-16-32)24-26(34)30(14-8-13-29(22,24)37-28)21-18-19(2)10-11-20(21)3/h6,8,10-13,18,22-24,32H,4-5,7,9,14-17H2,1-3H3/b12-6-/t22-,23-,24?,28+,29-/m0/s1. The van der Waals surface area contributed by atoms with Crippen LogP contribution in [-0.4, -0.2) is 71.3 Å². The molecular formula is C29H36N2O6. The third-order valence-corrected chi connectivity index (χ3v) is 8.35. The van der Waals surface area contributed by atoms with Crippen molar-refractivity contribution in [2.45, 2.75) is 63.7 Å². The van der Waals surface area contributed by atoms with Crippen molar-refractivity contribution in [3.8, 4) is 0 Å². The van der Waals surface area contributed by atoms with E-state index in [1.807, 2.05) is 63.3 Å². The maximum atomic E-state index is 14.4. The van der Waals surface area contributed by atoms with Gasteiger partial charge in [0.15, 0.2) is 0 Å².